The molecule has 2 saturated heterocycles. The number of morpholine rings is 1. The van der Waals surface area contributed by atoms with Crippen molar-refractivity contribution in [2.24, 2.45) is 0 Å². The SMILES string of the molecule is CC(C)(C)OC(=O)N1C2CCC(=O)CC1COC2. The molecule has 2 bridgehead atoms. The van der Waals surface area contributed by atoms with Crippen LogP contribution in [-0.4, -0.2) is 47.7 Å². The lowest BCUT2D eigenvalue weighted by atomic mass is 10.1. The summed E-state index contributed by atoms with van der Waals surface area (Å²) in [6.07, 6.45) is 1.27. The van der Waals surface area contributed by atoms with Gasteiger partial charge in [-0.05, 0) is 27.2 Å². The molecule has 0 N–H and O–H groups in total. The summed E-state index contributed by atoms with van der Waals surface area (Å²) in [4.78, 5) is 25.6. The van der Waals surface area contributed by atoms with Crippen LogP contribution in [0.1, 0.15) is 40.0 Å². The minimum Gasteiger partial charge on any atom is -0.444 e. The number of amides is 1. The summed E-state index contributed by atoms with van der Waals surface area (Å²) in [6, 6.07) is -0.182. The molecule has 2 heterocycles. The minimum atomic E-state index is -0.511. The van der Waals surface area contributed by atoms with Gasteiger partial charge in [-0.2, -0.15) is 0 Å². The molecule has 2 unspecified atom stereocenters. The molecule has 5 nitrogen and oxygen atoms in total. The van der Waals surface area contributed by atoms with E-state index in [9.17, 15) is 9.59 Å². The van der Waals surface area contributed by atoms with E-state index in [1.54, 1.807) is 4.90 Å². The Balaban J connectivity index is 2.14. The Hall–Kier alpha value is -1.10. The van der Waals surface area contributed by atoms with Gasteiger partial charge in [0.2, 0.25) is 0 Å². The van der Waals surface area contributed by atoms with Crippen LogP contribution in [0.5, 0.6) is 0 Å². The first-order valence-electron chi connectivity index (χ1n) is 6.47. The summed E-state index contributed by atoms with van der Waals surface area (Å²) in [7, 11) is 0. The second-order valence-electron chi connectivity index (χ2n) is 6.01. The van der Waals surface area contributed by atoms with Crippen molar-refractivity contribution in [3.63, 3.8) is 0 Å². The van der Waals surface area contributed by atoms with Gasteiger partial charge in [-0.3, -0.25) is 9.69 Å². The second kappa shape index (κ2) is 4.88. The fraction of sp³-hybridized carbons (Fsp3) is 0.846. The molecular weight excluding hydrogens is 234 g/mol. The summed E-state index contributed by atoms with van der Waals surface area (Å²) in [5.74, 6) is 0.210. The van der Waals surface area contributed by atoms with Gasteiger partial charge in [0, 0.05) is 12.8 Å². The maximum Gasteiger partial charge on any atom is 0.410 e. The fourth-order valence-electron chi connectivity index (χ4n) is 2.48. The summed E-state index contributed by atoms with van der Waals surface area (Å²) in [5, 5.41) is 0. The summed E-state index contributed by atoms with van der Waals surface area (Å²) >= 11 is 0. The summed E-state index contributed by atoms with van der Waals surface area (Å²) < 4.78 is 10.9. The van der Waals surface area contributed by atoms with Crippen LogP contribution in [-0.2, 0) is 14.3 Å². The zero-order valence-electron chi connectivity index (χ0n) is 11.3. The molecule has 2 aliphatic rings. The molecule has 1 amide bonds. The van der Waals surface area contributed by atoms with Crippen molar-refractivity contribution in [2.45, 2.75) is 57.7 Å². The Kier molecular flexibility index (Phi) is 3.61. The number of carbonyl (C=O) groups excluding carboxylic acids is 2. The van der Waals surface area contributed by atoms with Gasteiger partial charge in [0.15, 0.2) is 0 Å². The molecule has 0 spiro atoms. The Morgan fingerprint density at radius 3 is 2.67 bits per heavy atom. The van der Waals surface area contributed by atoms with Crippen molar-refractivity contribution in [1.82, 2.24) is 4.90 Å². The first-order chi connectivity index (χ1) is 8.37. The molecule has 0 saturated carbocycles. The van der Waals surface area contributed by atoms with Crippen LogP contribution in [0.3, 0.4) is 0 Å². The van der Waals surface area contributed by atoms with Gasteiger partial charge in [-0.25, -0.2) is 4.79 Å². The molecule has 2 aliphatic heterocycles. The molecule has 0 aliphatic carbocycles. The Morgan fingerprint density at radius 2 is 2.00 bits per heavy atom. The van der Waals surface area contributed by atoms with Crippen LogP contribution in [0.2, 0.25) is 0 Å². The molecule has 0 aromatic carbocycles. The number of hydrogen-bond acceptors (Lipinski definition) is 4. The van der Waals surface area contributed by atoms with E-state index in [4.69, 9.17) is 9.47 Å². The summed E-state index contributed by atoms with van der Waals surface area (Å²) in [5.41, 5.74) is -0.511. The topological polar surface area (TPSA) is 55.8 Å². The average molecular weight is 255 g/mol. The number of hydrogen-bond donors (Lipinski definition) is 0. The van der Waals surface area contributed by atoms with E-state index in [1.807, 2.05) is 20.8 Å². The predicted octanol–water partition coefficient (Wildman–Crippen LogP) is 1.74. The quantitative estimate of drug-likeness (QED) is 0.661. The van der Waals surface area contributed by atoms with Crippen molar-refractivity contribution in [3.05, 3.63) is 0 Å². The molecule has 0 aromatic heterocycles. The highest BCUT2D eigenvalue weighted by molar-refractivity contribution is 5.81. The molecule has 2 atom stereocenters. The van der Waals surface area contributed by atoms with Crippen LogP contribution in [0.4, 0.5) is 4.79 Å². The smallest absolute Gasteiger partial charge is 0.410 e. The number of rotatable bonds is 0. The highest BCUT2D eigenvalue weighted by atomic mass is 16.6. The maximum absolute atomic E-state index is 12.2. The first kappa shape index (κ1) is 13.3. The van der Waals surface area contributed by atoms with E-state index < -0.39 is 5.60 Å². The lowest BCUT2D eigenvalue weighted by Crippen LogP contribution is -2.55. The second-order valence-corrected chi connectivity index (χ2v) is 6.01. The highest BCUT2D eigenvalue weighted by Crippen LogP contribution is 2.26. The first-order valence-corrected chi connectivity index (χ1v) is 6.47. The molecule has 0 aromatic rings. The van der Waals surface area contributed by atoms with Gasteiger partial charge >= 0.3 is 6.09 Å². The highest BCUT2D eigenvalue weighted by Gasteiger charge is 2.40. The monoisotopic (exact) mass is 255 g/mol. The Morgan fingerprint density at radius 1 is 1.33 bits per heavy atom. The molecule has 5 heteroatoms. The molecule has 2 fully saturated rings. The maximum atomic E-state index is 12.2. The Labute approximate surface area is 107 Å². The number of ketones is 1. The van der Waals surface area contributed by atoms with Crippen molar-refractivity contribution in [3.8, 4) is 0 Å². The Bertz CT molecular complexity index is 347. The number of nitrogens with zero attached hydrogens (tertiary/aromatic N) is 1. The largest absolute Gasteiger partial charge is 0.444 e. The number of ether oxygens (including phenoxy) is 2. The van der Waals surface area contributed by atoms with Gasteiger partial charge in [-0.15, -0.1) is 0 Å². The molecule has 0 radical (unpaired) electrons. The molecule has 102 valence electrons. The number of Topliss-reactive ketones (excluding diaryl/α,β-unsaturated/α-hetero) is 1. The standard InChI is InChI=1S/C13H21NO4/c1-13(2,3)18-12(16)14-9-4-5-11(15)6-10(14)8-17-7-9/h9-10H,4-8H2,1-3H3. The van der Waals surface area contributed by atoms with Crippen LogP contribution >= 0.6 is 0 Å². The molecule has 2 rings (SSSR count). The number of carbonyl (C=O) groups is 2. The van der Waals surface area contributed by atoms with Gasteiger partial charge in [0.25, 0.3) is 0 Å². The normalized spacial score (nSPS) is 28.8. The lowest BCUT2D eigenvalue weighted by Gasteiger charge is -2.40. The third-order valence-corrected chi connectivity index (χ3v) is 3.23. The van der Waals surface area contributed by atoms with E-state index in [0.29, 0.717) is 32.5 Å². The predicted molar refractivity (Wildman–Crippen MR) is 65.3 cm³/mol. The van der Waals surface area contributed by atoms with Gasteiger partial charge in [0.05, 0.1) is 25.3 Å². The van der Waals surface area contributed by atoms with Crippen LogP contribution in [0, 0.1) is 0 Å². The van der Waals surface area contributed by atoms with Crippen molar-refractivity contribution in [1.29, 1.82) is 0 Å². The molecular formula is C13H21NO4. The van der Waals surface area contributed by atoms with Gasteiger partial charge in [0.1, 0.15) is 11.4 Å². The van der Waals surface area contributed by atoms with E-state index in [1.165, 1.54) is 0 Å². The van der Waals surface area contributed by atoms with Crippen LogP contribution < -0.4 is 0 Å². The number of fused-ring (bicyclic) bond motifs is 2. The van der Waals surface area contributed by atoms with Gasteiger partial charge in [-0.1, -0.05) is 0 Å². The van der Waals surface area contributed by atoms with Crippen LogP contribution in [0.15, 0.2) is 0 Å². The van der Waals surface area contributed by atoms with E-state index >= 15 is 0 Å². The zero-order valence-corrected chi connectivity index (χ0v) is 11.3. The fourth-order valence-corrected chi connectivity index (χ4v) is 2.48. The van der Waals surface area contributed by atoms with Crippen LogP contribution in [0.25, 0.3) is 0 Å². The van der Waals surface area contributed by atoms with E-state index in [0.717, 1.165) is 0 Å². The molecule has 18 heavy (non-hydrogen) atoms. The zero-order chi connectivity index (χ0) is 13.3. The minimum absolute atomic E-state index is 0.0231. The van der Waals surface area contributed by atoms with E-state index in [-0.39, 0.29) is 24.0 Å². The third kappa shape index (κ3) is 3.02. The van der Waals surface area contributed by atoms with E-state index in [2.05, 4.69) is 0 Å². The van der Waals surface area contributed by atoms with Crippen molar-refractivity contribution >= 4 is 11.9 Å². The lowest BCUT2D eigenvalue weighted by molar-refractivity contribution is -0.120. The van der Waals surface area contributed by atoms with Crippen molar-refractivity contribution in [2.75, 3.05) is 13.2 Å². The van der Waals surface area contributed by atoms with Gasteiger partial charge < -0.3 is 9.47 Å². The van der Waals surface area contributed by atoms with Crippen molar-refractivity contribution < 1.29 is 19.1 Å². The summed E-state index contributed by atoms with van der Waals surface area (Å²) in [6.45, 7) is 6.48. The third-order valence-electron chi connectivity index (χ3n) is 3.23. The average Bonchev–Trinajstić information content (AvgIpc) is 2.31.